The lowest BCUT2D eigenvalue weighted by Crippen LogP contribution is -2.31. The third-order valence-corrected chi connectivity index (χ3v) is 3.88. The van der Waals surface area contributed by atoms with Crippen LogP contribution in [-0.4, -0.2) is 72.8 Å². The van der Waals surface area contributed by atoms with Crippen LogP contribution in [0.15, 0.2) is 29.5 Å². The summed E-state index contributed by atoms with van der Waals surface area (Å²) in [4.78, 5) is 48.8. The molecular formula is C17H18N2O8. The van der Waals surface area contributed by atoms with Crippen LogP contribution in [-0.2, 0) is 19.1 Å². The number of aliphatic hydroxyl groups is 1. The number of carbonyl (C=O) groups is 4. The number of methoxy groups -OCH3 is 2. The van der Waals surface area contributed by atoms with Gasteiger partial charge in [0.25, 0.3) is 5.91 Å². The molecule has 0 atom stereocenters. The van der Waals surface area contributed by atoms with E-state index in [1.807, 2.05) is 0 Å². The predicted molar refractivity (Wildman–Crippen MR) is 91.1 cm³/mol. The number of amides is 1. The third-order valence-electron chi connectivity index (χ3n) is 3.88. The van der Waals surface area contributed by atoms with Crippen molar-refractivity contribution in [1.29, 1.82) is 0 Å². The first-order valence-electron chi connectivity index (χ1n) is 7.78. The number of nitrogens with zero attached hydrogens (tertiary/aromatic N) is 1. The van der Waals surface area contributed by atoms with Crippen LogP contribution in [0.4, 0.5) is 5.69 Å². The molecule has 10 heteroatoms. The standard InChI is InChI=1S/C17H18N2O8/c1-26-16(24)9-3-4-12(10(7-9)15(22)23)18-13-11(17(25)27-2)8-19(5-6-20)14(13)21/h3-4,7,18,20H,5-6,8H2,1-2H3,(H,22,23). The van der Waals surface area contributed by atoms with Crippen LogP contribution in [0.3, 0.4) is 0 Å². The highest BCUT2D eigenvalue weighted by Gasteiger charge is 2.35. The maximum atomic E-state index is 12.5. The first-order chi connectivity index (χ1) is 12.8. The Labute approximate surface area is 154 Å². The molecule has 0 saturated carbocycles. The summed E-state index contributed by atoms with van der Waals surface area (Å²) in [7, 11) is 2.31. The number of carbonyl (C=O) groups excluding carboxylic acids is 3. The van der Waals surface area contributed by atoms with E-state index >= 15 is 0 Å². The van der Waals surface area contributed by atoms with E-state index in [0.29, 0.717) is 0 Å². The number of aliphatic hydroxyl groups excluding tert-OH is 1. The highest BCUT2D eigenvalue weighted by Crippen LogP contribution is 2.26. The zero-order chi connectivity index (χ0) is 20.1. The Balaban J connectivity index is 2.46. The minimum atomic E-state index is -1.35. The van der Waals surface area contributed by atoms with Gasteiger partial charge in [-0.2, -0.15) is 0 Å². The van der Waals surface area contributed by atoms with E-state index in [9.17, 15) is 24.3 Å². The van der Waals surface area contributed by atoms with Crippen LogP contribution in [0, 0.1) is 0 Å². The first kappa shape index (κ1) is 19.9. The van der Waals surface area contributed by atoms with Gasteiger partial charge in [0.1, 0.15) is 5.70 Å². The molecule has 1 aromatic carbocycles. The lowest BCUT2D eigenvalue weighted by Gasteiger charge is -2.15. The van der Waals surface area contributed by atoms with Gasteiger partial charge in [-0.3, -0.25) is 4.79 Å². The van der Waals surface area contributed by atoms with Gasteiger partial charge in [-0.25, -0.2) is 14.4 Å². The average molecular weight is 378 g/mol. The van der Waals surface area contributed by atoms with Crippen LogP contribution in [0.1, 0.15) is 20.7 Å². The highest BCUT2D eigenvalue weighted by atomic mass is 16.5. The second-order valence-electron chi connectivity index (χ2n) is 5.48. The number of aromatic carboxylic acids is 1. The van der Waals surface area contributed by atoms with Crippen molar-refractivity contribution in [3.63, 3.8) is 0 Å². The zero-order valence-electron chi connectivity index (χ0n) is 14.6. The van der Waals surface area contributed by atoms with Gasteiger partial charge in [0.2, 0.25) is 0 Å². The molecule has 0 aromatic heterocycles. The van der Waals surface area contributed by atoms with Crippen LogP contribution in [0.25, 0.3) is 0 Å². The molecular weight excluding hydrogens is 360 g/mol. The number of esters is 2. The number of anilines is 1. The lowest BCUT2D eigenvalue weighted by atomic mass is 10.1. The molecule has 0 unspecified atom stereocenters. The molecule has 2 rings (SSSR count). The summed E-state index contributed by atoms with van der Waals surface area (Å²) in [5.41, 5.74) is -0.413. The third kappa shape index (κ3) is 4.06. The Kier molecular flexibility index (Phi) is 6.14. The van der Waals surface area contributed by atoms with Crippen molar-refractivity contribution in [1.82, 2.24) is 4.90 Å². The molecule has 0 bridgehead atoms. The van der Waals surface area contributed by atoms with Gasteiger partial charge < -0.3 is 29.9 Å². The second-order valence-corrected chi connectivity index (χ2v) is 5.48. The SMILES string of the molecule is COC(=O)C1=C(Nc2ccc(C(=O)OC)cc2C(=O)O)C(=O)N(CCO)C1. The Hall–Kier alpha value is -3.40. The summed E-state index contributed by atoms with van der Waals surface area (Å²) in [6.45, 7) is -0.393. The van der Waals surface area contributed by atoms with E-state index in [1.54, 1.807) is 0 Å². The number of hydrogen-bond acceptors (Lipinski definition) is 8. The number of hydrogen-bond donors (Lipinski definition) is 3. The quantitative estimate of drug-likeness (QED) is 0.552. The van der Waals surface area contributed by atoms with Crippen molar-refractivity contribution >= 4 is 29.5 Å². The van der Waals surface area contributed by atoms with Crippen molar-refractivity contribution in [3.05, 3.63) is 40.6 Å². The lowest BCUT2D eigenvalue weighted by molar-refractivity contribution is -0.136. The van der Waals surface area contributed by atoms with E-state index in [4.69, 9.17) is 5.11 Å². The Morgan fingerprint density at radius 3 is 2.41 bits per heavy atom. The minimum Gasteiger partial charge on any atom is -0.478 e. The summed E-state index contributed by atoms with van der Waals surface area (Å²) in [5.74, 6) is -3.40. The molecule has 1 aliphatic rings. The van der Waals surface area contributed by atoms with E-state index in [2.05, 4.69) is 14.8 Å². The molecule has 10 nitrogen and oxygen atoms in total. The van der Waals surface area contributed by atoms with E-state index in [1.165, 1.54) is 17.0 Å². The van der Waals surface area contributed by atoms with Crippen molar-refractivity contribution < 1.29 is 38.9 Å². The Bertz CT molecular complexity index is 830. The fourth-order valence-corrected chi connectivity index (χ4v) is 2.56. The molecule has 0 aliphatic carbocycles. The molecule has 0 spiro atoms. The molecule has 1 aliphatic heterocycles. The summed E-state index contributed by atoms with van der Waals surface area (Å²) in [6.07, 6.45) is 0. The van der Waals surface area contributed by atoms with E-state index < -0.39 is 23.8 Å². The molecule has 0 fully saturated rings. The number of carboxylic acids is 1. The van der Waals surface area contributed by atoms with Gasteiger partial charge in [-0.1, -0.05) is 0 Å². The van der Waals surface area contributed by atoms with Crippen LogP contribution in [0.5, 0.6) is 0 Å². The second kappa shape index (κ2) is 8.32. The van der Waals surface area contributed by atoms with E-state index in [-0.39, 0.29) is 47.8 Å². The largest absolute Gasteiger partial charge is 0.478 e. The normalized spacial score (nSPS) is 13.6. The summed E-state index contributed by atoms with van der Waals surface area (Å²) >= 11 is 0. The fraction of sp³-hybridized carbons (Fsp3) is 0.294. The monoisotopic (exact) mass is 378 g/mol. The van der Waals surface area contributed by atoms with Crippen molar-refractivity contribution in [3.8, 4) is 0 Å². The molecule has 1 aromatic rings. The highest BCUT2D eigenvalue weighted by molar-refractivity contribution is 6.09. The van der Waals surface area contributed by atoms with Crippen molar-refractivity contribution in [2.24, 2.45) is 0 Å². The van der Waals surface area contributed by atoms with Crippen LogP contribution < -0.4 is 5.32 Å². The smallest absolute Gasteiger partial charge is 0.337 e. The zero-order valence-corrected chi connectivity index (χ0v) is 14.6. The molecule has 1 amide bonds. The maximum Gasteiger partial charge on any atom is 0.337 e. The molecule has 1 heterocycles. The number of nitrogens with one attached hydrogen (secondary N) is 1. The van der Waals surface area contributed by atoms with Crippen LogP contribution >= 0.6 is 0 Å². The molecule has 0 radical (unpaired) electrons. The number of benzene rings is 1. The summed E-state index contributed by atoms with van der Waals surface area (Å²) in [6, 6.07) is 3.71. The van der Waals surface area contributed by atoms with Crippen molar-refractivity contribution in [2.45, 2.75) is 0 Å². The number of rotatable bonds is 7. The molecule has 0 saturated heterocycles. The molecule has 3 N–H and O–H groups in total. The Morgan fingerprint density at radius 2 is 1.85 bits per heavy atom. The fourth-order valence-electron chi connectivity index (χ4n) is 2.56. The topological polar surface area (TPSA) is 142 Å². The minimum absolute atomic E-state index is 0.00241. The molecule has 144 valence electrons. The predicted octanol–water partition coefficient (Wildman–Crippen LogP) is -0.155. The summed E-state index contributed by atoms with van der Waals surface area (Å²) in [5, 5.41) is 21.1. The van der Waals surface area contributed by atoms with Gasteiger partial charge in [-0.15, -0.1) is 0 Å². The van der Waals surface area contributed by atoms with Gasteiger partial charge in [0.05, 0.1) is 49.8 Å². The maximum absolute atomic E-state index is 12.5. The van der Waals surface area contributed by atoms with Gasteiger partial charge in [-0.05, 0) is 18.2 Å². The van der Waals surface area contributed by atoms with Crippen molar-refractivity contribution in [2.75, 3.05) is 39.2 Å². The summed E-state index contributed by atoms with van der Waals surface area (Å²) < 4.78 is 9.22. The van der Waals surface area contributed by atoms with Gasteiger partial charge in [0, 0.05) is 6.54 Å². The average Bonchev–Trinajstić information content (AvgIpc) is 2.97. The van der Waals surface area contributed by atoms with E-state index in [0.717, 1.165) is 20.3 Å². The number of β-amino-alcohol motifs (C(OH)–C–C–N with tert-alkyl or cyclic N) is 1. The first-order valence-corrected chi connectivity index (χ1v) is 7.78. The number of ether oxygens (including phenoxy) is 2. The van der Waals surface area contributed by atoms with Gasteiger partial charge in [0.15, 0.2) is 0 Å². The van der Waals surface area contributed by atoms with Gasteiger partial charge >= 0.3 is 17.9 Å². The van der Waals surface area contributed by atoms with Crippen LogP contribution in [0.2, 0.25) is 0 Å². The Morgan fingerprint density at radius 1 is 1.19 bits per heavy atom. The molecule has 27 heavy (non-hydrogen) atoms. The number of carboxylic acid groups (broad SMARTS) is 1.